The molecule has 13 heavy (non-hydrogen) atoms. The van der Waals surface area contributed by atoms with E-state index in [1.54, 1.807) is 0 Å². The molecule has 0 amide bonds. The molecule has 0 aromatic carbocycles. The van der Waals surface area contributed by atoms with Crippen LogP contribution in [0, 0.1) is 5.41 Å². The van der Waals surface area contributed by atoms with Crippen LogP contribution < -0.4 is 0 Å². The predicted octanol–water partition coefficient (Wildman–Crippen LogP) is 0.931. The van der Waals surface area contributed by atoms with E-state index >= 15 is 0 Å². The molecule has 2 aliphatic heterocycles. The van der Waals surface area contributed by atoms with Crippen LogP contribution in [0.5, 0.6) is 0 Å². The highest BCUT2D eigenvalue weighted by Crippen LogP contribution is 2.45. The molecule has 0 spiro atoms. The minimum Gasteiger partial charge on any atom is -0.353 e. The third kappa shape index (κ3) is 1.43. The summed E-state index contributed by atoms with van der Waals surface area (Å²) in [5, 5.41) is 8.51. The molecule has 1 saturated heterocycles. The lowest BCUT2D eigenvalue weighted by Crippen LogP contribution is -2.38. The first-order valence-electron chi connectivity index (χ1n) is 4.20. The highest BCUT2D eigenvalue weighted by molar-refractivity contribution is 8.01. The SMILES string of the molecule is CC1(C)C=C2C(=O)CSC2(O)OC1. The highest BCUT2D eigenvalue weighted by Gasteiger charge is 2.48. The lowest BCUT2D eigenvalue weighted by atomic mass is 9.88. The molecule has 3 nitrogen and oxygen atoms in total. The van der Waals surface area contributed by atoms with Crippen molar-refractivity contribution in [1.29, 1.82) is 0 Å². The number of carbonyl (C=O) groups excluding carboxylic acids is 1. The number of hydrogen-bond acceptors (Lipinski definition) is 4. The van der Waals surface area contributed by atoms with Gasteiger partial charge in [0, 0.05) is 5.41 Å². The van der Waals surface area contributed by atoms with Gasteiger partial charge in [-0.1, -0.05) is 31.7 Å². The number of ketones is 1. The van der Waals surface area contributed by atoms with E-state index in [1.165, 1.54) is 0 Å². The summed E-state index contributed by atoms with van der Waals surface area (Å²) in [4.78, 5) is 11.4. The first-order chi connectivity index (χ1) is 5.93. The predicted molar refractivity (Wildman–Crippen MR) is 50.2 cm³/mol. The molecule has 1 unspecified atom stereocenters. The van der Waals surface area contributed by atoms with Crippen LogP contribution in [-0.4, -0.2) is 28.4 Å². The zero-order valence-electron chi connectivity index (χ0n) is 7.66. The largest absolute Gasteiger partial charge is 0.353 e. The van der Waals surface area contributed by atoms with E-state index in [2.05, 4.69) is 0 Å². The van der Waals surface area contributed by atoms with E-state index in [0.29, 0.717) is 17.9 Å². The van der Waals surface area contributed by atoms with E-state index in [1.807, 2.05) is 19.9 Å². The molecular weight excluding hydrogens is 188 g/mol. The summed E-state index contributed by atoms with van der Waals surface area (Å²) in [6, 6.07) is 0. The minimum atomic E-state index is -1.35. The first kappa shape index (κ1) is 9.24. The standard InChI is InChI=1S/C9H12O3S/c1-8(2)3-6-7(10)4-13-9(6,11)12-5-8/h3,11H,4-5H2,1-2H3. The van der Waals surface area contributed by atoms with Crippen LogP contribution in [0.25, 0.3) is 0 Å². The Labute approximate surface area is 81.1 Å². The fourth-order valence-electron chi connectivity index (χ4n) is 1.50. The van der Waals surface area contributed by atoms with Gasteiger partial charge in [0.05, 0.1) is 17.9 Å². The van der Waals surface area contributed by atoms with Crippen molar-refractivity contribution in [3.8, 4) is 0 Å². The van der Waals surface area contributed by atoms with Crippen LogP contribution in [0.3, 0.4) is 0 Å². The number of carbonyl (C=O) groups is 1. The molecule has 1 N–H and O–H groups in total. The van der Waals surface area contributed by atoms with Gasteiger partial charge in [0.2, 0.25) is 5.12 Å². The maximum Gasteiger partial charge on any atom is 0.247 e. The van der Waals surface area contributed by atoms with E-state index in [9.17, 15) is 9.90 Å². The summed E-state index contributed by atoms with van der Waals surface area (Å²) in [5.74, 6) is 0.304. The van der Waals surface area contributed by atoms with Crippen LogP contribution in [-0.2, 0) is 9.53 Å². The number of rotatable bonds is 0. The maximum atomic E-state index is 11.4. The van der Waals surface area contributed by atoms with Crippen molar-refractivity contribution in [2.45, 2.75) is 19.0 Å². The van der Waals surface area contributed by atoms with Gasteiger partial charge in [-0.2, -0.15) is 0 Å². The lowest BCUT2D eigenvalue weighted by Gasteiger charge is -2.34. The molecule has 4 heteroatoms. The lowest BCUT2D eigenvalue weighted by molar-refractivity contribution is -0.137. The Morgan fingerprint density at radius 2 is 2.31 bits per heavy atom. The van der Waals surface area contributed by atoms with Gasteiger partial charge in [-0.15, -0.1) is 0 Å². The average molecular weight is 200 g/mol. The van der Waals surface area contributed by atoms with E-state index in [-0.39, 0.29) is 11.2 Å². The first-order valence-corrected chi connectivity index (χ1v) is 5.18. The number of ether oxygens (including phenoxy) is 1. The Kier molecular flexibility index (Phi) is 1.84. The Morgan fingerprint density at radius 3 is 3.00 bits per heavy atom. The van der Waals surface area contributed by atoms with Crippen molar-refractivity contribution < 1.29 is 14.6 Å². The summed E-state index contributed by atoms with van der Waals surface area (Å²) in [6.45, 7) is 4.42. The molecule has 2 heterocycles. The van der Waals surface area contributed by atoms with Gasteiger partial charge in [0.25, 0.3) is 0 Å². The van der Waals surface area contributed by atoms with Gasteiger partial charge in [-0.3, -0.25) is 4.79 Å². The van der Waals surface area contributed by atoms with E-state index < -0.39 is 5.12 Å². The molecule has 72 valence electrons. The van der Waals surface area contributed by atoms with Crippen molar-refractivity contribution in [2.75, 3.05) is 12.4 Å². The monoisotopic (exact) mass is 200 g/mol. The van der Waals surface area contributed by atoms with Crippen molar-refractivity contribution in [3.05, 3.63) is 11.6 Å². The molecule has 2 rings (SSSR count). The number of aliphatic hydroxyl groups is 1. The minimum absolute atomic E-state index is 0.0136. The molecule has 0 bridgehead atoms. The Morgan fingerprint density at radius 1 is 1.62 bits per heavy atom. The number of fused-ring (bicyclic) bond motifs is 1. The van der Waals surface area contributed by atoms with Crippen molar-refractivity contribution >= 4 is 17.5 Å². The third-order valence-corrected chi connectivity index (χ3v) is 3.35. The van der Waals surface area contributed by atoms with Crippen LogP contribution in [0.1, 0.15) is 13.8 Å². The molecule has 0 radical (unpaired) electrons. The van der Waals surface area contributed by atoms with Crippen molar-refractivity contribution in [1.82, 2.24) is 0 Å². The highest BCUT2D eigenvalue weighted by atomic mass is 32.2. The second-order valence-electron chi connectivity index (χ2n) is 4.13. The fraction of sp³-hybridized carbons (Fsp3) is 0.667. The summed E-state index contributed by atoms with van der Waals surface area (Å²) in [5.41, 5.74) is 0.274. The van der Waals surface area contributed by atoms with E-state index in [4.69, 9.17) is 4.74 Å². The summed E-state index contributed by atoms with van der Waals surface area (Å²) in [7, 11) is 0. The number of hydrogen-bond donors (Lipinski definition) is 1. The number of Topliss-reactive ketones (excluding diaryl/α,β-unsaturated/α-hetero) is 1. The van der Waals surface area contributed by atoms with Crippen molar-refractivity contribution in [2.24, 2.45) is 5.41 Å². The molecule has 0 aromatic rings. The van der Waals surface area contributed by atoms with Gasteiger partial charge < -0.3 is 9.84 Å². The van der Waals surface area contributed by atoms with Crippen LogP contribution in [0.4, 0.5) is 0 Å². The quantitative estimate of drug-likeness (QED) is 0.632. The molecule has 1 atom stereocenters. The second-order valence-corrected chi connectivity index (χ2v) is 5.26. The van der Waals surface area contributed by atoms with Crippen LogP contribution in [0.15, 0.2) is 11.6 Å². The summed E-state index contributed by atoms with van der Waals surface area (Å²) < 4.78 is 5.30. The van der Waals surface area contributed by atoms with Gasteiger partial charge in [0.1, 0.15) is 0 Å². The Balaban J connectivity index is 2.43. The molecule has 2 aliphatic rings. The zero-order chi connectivity index (χ0) is 9.69. The molecule has 0 aliphatic carbocycles. The normalized spacial score (nSPS) is 37.2. The summed E-state index contributed by atoms with van der Waals surface area (Å²) >= 11 is 1.15. The van der Waals surface area contributed by atoms with E-state index in [0.717, 1.165) is 11.8 Å². The van der Waals surface area contributed by atoms with Gasteiger partial charge >= 0.3 is 0 Å². The zero-order valence-corrected chi connectivity index (χ0v) is 8.48. The van der Waals surface area contributed by atoms with Crippen molar-refractivity contribution in [3.63, 3.8) is 0 Å². The maximum absolute atomic E-state index is 11.4. The molecular formula is C9H12O3S. The van der Waals surface area contributed by atoms with Gasteiger partial charge in [-0.25, -0.2) is 0 Å². The smallest absolute Gasteiger partial charge is 0.247 e. The number of thioether (sulfide) groups is 1. The van der Waals surface area contributed by atoms with Gasteiger partial charge in [0.15, 0.2) is 5.78 Å². The molecule has 0 saturated carbocycles. The van der Waals surface area contributed by atoms with Crippen LogP contribution >= 0.6 is 11.8 Å². The second kappa shape index (κ2) is 2.59. The third-order valence-electron chi connectivity index (χ3n) is 2.21. The average Bonchev–Trinajstić information content (AvgIpc) is 2.31. The fourth-order valence-corrected chi connectivity index (χ4v) is 2.46. The summed E-state index contributed by atoms with van der Waals surface area (Å²) in [6.07, 6.45) is 1.83. The van der Waals surface area contributed by atoms with Gasteiger partial charge in [-0.05, 0) is 0 Å². The topological polar surface area (TPSA) is 46.5 Å². The molecule has 1 fully saturated rings. The Hall–Kier alpha value is -0.320. The Bertz CT molecular complexity index is 295. The molecule has 0 aromatic heterocycles. The van der Waals surface area contributed by atoms with Crippen LogP contribution in [0.2, 0.25) is 0 Å².